The fourth-order valence-corrected chi connectivity index (χ4v) is 1.92. The number of nitrogens with one attached hydrogen (secondary N) is 2. The van der Waals surface area contributed by atoms with Crippen molar-refractivity contribution in [3.05, 3.63) is 83.7 Å². The lowest BCUT2D eigenvalue weighted by molar-refractivity contribution is 0.0920. The topological polar surface area (TPSA) is 109 Å². The summed E-state index contributed by atoms with van der Waals surface area (Å²) in [5.74, 6) is -0.486. The molecule has 0 bridgehead atoms. The Morgan fingerprint density at radius 1 is 0.731 bits per heavy atom. The molecule has 3 rings (SSSR count). The van der Waals surface area contributed by atoms with Crippen molar-refractivity contribution in [1.29, 1.82) is 0 Å². The van der Waals surface area contributed by atoms with E-state index in [0.717, 1.165) is 11.1 Å². The SMILES string of the molecule is O=C(N/N=C\c1ccc(/C=N\NC(=O)c2ccco2)cc1)c1ccco1. The predicted molar refractivity (Wildman–Crippen MR) is 94.0 cm³/mol. The first-order valence-electron chi connectivity index (χ1n) is 7.56. The third-order valence-electron chi connectivity index (χ3n) is 3.19. The predicted octanol–water partition coefficient (Wildman–Crippen LogP) is 2.40. The van der Waals surface area contributed by atoms with E-state index in [1.807, 2.05) is 0 Å². The Balaban J connectivity index is 1.50. The number of benzene rings is 1. The number of hydrazone groups is 2. The van der Waals surface area contributed by atoms with Crippen molar-refractivity contribution in [3.63, 3.8) is 0 Å². The summed E-state index contributed by atoms with van der Waals surface area (Å²) in [5.41, 5.74) is 6.28. The van der Waals surface area contributed by atoms with Crippen molar-refractivity contribution in [2.45, 2.75) is 0 Å². The number of furan rings is 2. The fourth-order valence-electron chi connectivity index (χ4n) is 1.92. The minimum atomic E-state index is -0.428. The number of hydrogen-bond donors (Lipinski definition) is 2. The average Bonchev–Trinajstić information content (AvgIpc) is 3.37. The molecule has 0 aliphatic heterocycles. The molecule has 0 saturated heterocycles. The first-order chi connectivity index (χ1) is 12.7. The Labute approximate surface area is 148 Å². The molecule has 0 saturated carbocycles. The van der Waals surface area contributed by atoms with Crippen LogP contribution < -0.4 is 10.9 Å². The van der Waals surface area contributed by atoms with Gasteiger partial charge in [-0.1, -0.05) is 24.3 Å². The highest BCUT2D eigenvalue weighted by Gasteiger charge is 2.06. The van der Waals surface area contributed by atoms with Gasteiger partial charge in [0, 0.05) is 0 Å². The number of rotatable bonds is 6. The van der Waals surface area contributed by atoms with Gasteiger partial charge in [-0.05, 0) is 35.4 Å². The summed E-state index contributed by atoms with van der Waals surface area (Å²) >= 11 is 0. The molecular formula is C18H14N4O4. The van der Waals surface area contributed by atoms with E-state index in [0.29, 0.717) is 0 Å². The number of amides is 2. The quantitative estimate of drug-likeness (QED) is 0.525. The van der Waals surface area contributed by atoms with Crippen LogP contribution in [0.4, 0.5) is 0 Å². The summed E-state index contributed by atoms with van der Waals surface area (Å²) < 4.78 is 9.91. The van der Waals surface area contributed by atoms with Crippen LogP contribution in [0, 0.1) is 0 Å². The molecule has 0 spiro atoms. The van der Waals surface area contributed by atoms with Crippen LogP contribution >= 0.6 is 0 Å². The van der Waals surface area contributed by atoms with Crippen LogP contribution in [0.3, 0.4) is 0 Å². The van der Waals surface area contributed by atoms with E-state index < -0.39 is 11.8 Å². The first-order valence-corrected chi connectivity index (χ1v) is 7.56. The Kier molecular flexibility index (Phi) is 5.36. The van der Waals surface area contributed by atoms with E-state index in [1.165, 1.54) is 25.0 Å². The second-order valence-electron chi connectivity index (χ2n) is 5.02. The van der Waals surface area contributed by atoms with Crippen molar-refractivity contribution < 1.29 is 18.4 Å². The Hall–Kier alpha value is -3.94. The van der Waals surface area contributed by atoms with Crippen molar-refractivity contribution >= 4 is 24.2 Å². The summed E-state index contributed by atoms with van der Waals surface area (Å²) in [6.07, 6.45) is 5.83. The monoisotopic (exact) mass is 350 g/mol. The second kappa shape index (κ2) is 8.25. The molecular weight excluding hydrogens is 336 g/mol. The zero-order valence-corrected chi connectivity index (χ0v) is 13.5. The molecule has 2 heterocycles. The van der Waals surface area contributed by atoms with Crippen LogP contribution in [-0.2, 0) is 0 Å². The van der Waals surface area contributed by atoms with Crippen molar-refractivity contribution in [3.8, 4) is 0 Å². The van der Waals surface area contributed by atoms with Crippen LogP contribution in [0.1, 0.15) is 32.2 Å². The molecule has 3 aromatic rings. The van der Waals surface area contributed by atoms with E-state index in [1.54, 1.807) is 48.5 Å². The molecule has 0 fully saturated rings. The smallest absolute Gasteiger partial charge is 0.307 e. The zero-order chi connectivity index (χ0) is 18.2. The number of nitrogens with zero attached hydrogens (tertiary/aromatic N) is 2. The lowest BCUT2D eigenvalue weighted by Crippen LogP contribution is -2.16. The second-order valence-corrected chi connectivity index (χ2v) is 5.02. The van der Waals surface area contributed by atoms with E-state index in [2.05, 4.69) is 21.1 Å². The summed E-state index contributed by atoms with van der Waals surface area (Å²) in [5, 5.41) is 7.71. The molecule has 26 heavy (non-hydrogen) atoms. The van der Waals surface area contributed by atoms with Gasteiger partial charge in [0.1, 0.15) is 0 Å². The van der Waals surface area contributed by atoms with E-state index >= 15 is 0 Å². The molecule has 2 aromatic heterocycles. The maximum atomic E-state index is 11.6. The van der Waals surface area contributed by atoms with Crippen LogP contribution in [0.15, 0.2) is 80.1 Å². The summed E-state index contributed by atoms with van der Waals surface area (Å²) in [4.78, 5) is 23.3. The molecule has 2 N–H and O–H groups in total. The van der Waals surface area contributed by atoms with Crippen molar-refractivity contribution in [2.24, 2.45) is 10.2 Å². The van der Waals surface area contributed by atoms with Gasteiger partial charge in [0.15, 0.2) is 11.5 Å². The lowest BCUT2D eigenvalue weighted by Gasteiger charge is -1.98. The van der Waals surface area contributed by atoms with Gasteiger partial charge in [-0.3, -0.25) is 9.59 Å². The standard InChI is InChI=1S/C18H14N4O4/c23-17(15-3-1-9-25-15)21-19-11-13-5-7-14(8-6-13)12-20-22-18(24)16-4-2-10-26-16/h1-12H,(H,21,23)(H,22,24)/b19-11-,20-12-. The summed E-state index contributed by atoms with van der Waals surface area (Å²) in [7, 11) is 0. The van der Waals surface area contributed by atoms with Crippen LogP contribution in [0.5, 0.6) is 0 Å². The molecule has 0 radical (unpaired) electrons. The van der Waals surface area contributed by atoms with E-state index in [4.69, 9.17) is 8.83 Å². The van der Waals surface area contributed by atoms with Crippen LogP contribution in [0.2, 0.25) is 0 Å². The van der Waals surface area contributed by atoms with Gasteiger partial charge in [-0.15, -0.1) is 0 Å². The molecule has 0 aliphatic carbocycles. The maximum absolute atomic E-state index is 11.6. The molecule has 8 nitrogen and oxygen atoms in total. The normalized spacial score (nSPS) is 11.1. The Bertz CT molecular complexity index is 834. The van der Waals surface area contributed by atoms with Gasteiger partial charge >= 0.3 is 11.8 Å². The Morgan fingerprint density at radius 2 is 1.15 bits per heavy atom. The highest BCUT2D eigenvalue weighted by atomic mass is 16.3. The number of hydrogen-bond acceptors (Lipinski definition) is 6. The van der Waals surface area contributed by atoms with E-state index in [-0.39, 0.29) is 11.5 Å². The van der Waals surface area contributed by atoms with Crippen LogP contribution in [-0.4, -0.2) is 24.2 Å². The first kappa shape index (κ1) is 16.9. The minimum absolute atomic E-state index is 0.185. The molecule has 0 unspecified atom stereocenters. The highest BCUT2D eigenvalue weighted by Crippen LogP contribution is 2.02. The number of carbonyl (C=O) groups excluding carboxylic acids is 2. The molecule has 0 atom stereocenters. The molecule has 0 aliphatic rings. The summed E-state index contributed by atoms with van der Waals surface area (Å²) in [6, 6.07) is 13.5. The number of carbonyl (C=O) groups is 2. The van der Waals surface area contributed by atoms with Gasteiger partial charge in [0.25, 0.3) is 0 Å². The average molecular weight is 350 g/mol. The third kappa shape index (κ3) is 4.54. The largest absolute Gasteiger partial charge is 0.459 e. The van der Waals surface area contributed by atoms with Gasteiger partial charge < -0.3 is 8.83 Å². The van der Waals surface area contributed by atoms with Crippen molar-refractivity contribution in [2.75, 3.05) is 0 Å². The molecule has 8 heteroatoms. The van der Waals surface area contributed by atoms with E-state index in [9.17, 15) is 9.59 Å². The molecule has 2 amide bonds. The fraction of sp³-hybridized carbons (Fsp3) is 0. The zero-order valence-electron chi connectivity index (χ0n) is 13.5. The van der Waals surface area contributed by atoms with Gasteiger partial charge in [-0.2, -0.15) is 10.2 Å². The van der Waals surface area contributed by atoms with Crippen LogP contribution in [0.25, 0.3) is 0 Å². The molecule has 1 aromatic carbocycles. The Morgan fingerprint density at radius 3 is 1.50 bits per heavy atom. The van der Waals surface area contributed by atoms with Gasteiger partial charge in [-0.25, -0.2) is 10.9 Å². The lowest BCUT2D eigenvalue weighted by atomic mass is 10.2. The summed E-state index contributed by atoms with van der Waals surface area (Å²) in [6.45, 7) is 0. The van der Waals surface area contributed by atoms with Gasteiger partial charge in [0.05, 0.1) is 25.0 Å². The maximum Gasteiger partial charge on any atom is 0.307 e. The highest BCUT2D eigenvalue weighted by molar-refractivity contribution is 5.93. The minimum Gasteiger partial charge on any atom is -0.459 e. The third-order valence-corrected chi connectivity index (χ3v) is 3.19. The molecule has 130 valence electrons. The van der Waals surface area contributed by atoms with Crippen molar-refractivity contribution in [1.82, 2.24) is 10.9 Å². The van der Waals surface area contributed by atoms with Gasteiger partial charge in [0.2, 0.25) is 0 Å².